The Morgan fingerprint density at radius 3 is 1.30 bits per heavy atom. The van der Waals surface area contributed by atoms with E-state index in [1.165, 1.54) is 43.6 Å². The second-order valence-electron chi connectivity index (χ2n) is 27.8. The van der Waals surface area contributed by atoms with Crippen LogP contribution in [0.3, 0.4) is 0 Å². The maximum atomic E-state index is 13.8. The van der Waals surface area contributed by atoms with Gasteiger partial charge >= 0.3 is 54.1 Å². The number of cyclic esters (lactones) is 2. The van der Waals surface area contributed by atoms with Crippen molar-refractivity contribution in [1.29, 1.82) is 0 Å². The van der Waals surface area contributed by atoms with E-state index in [0.717, 1.165) is 23.4 Å². The Kier molecular flexibility index (Phi) is 30.7. The topological polar surface area (TPSA) is 336 Å². The van der Waals surface area contributed by atoms with E-state index in [9.17, 15) is 62.6 Å². The minimum atomic E-state index is -1.83. The molecule has 0 saturated carbocycles. The largest absolute Gasteiger partial charge is 0.481 e. The molecule has 3 aromatic carbocycles. The molecule has 2 N–H and O–H groups in total. The minimum Gasteiger partial charge on any atom is -0.481 e. The number of nitrogens with one attached hydrogen (secondary N) is 1. The summed E-state index contributed by atoms with van der Waals surface area (Å²) in [5.74, 6) is -8.60. The number of aliphatic carboxylic acids is 1. The molecule has 0 aromatic heterocycles. The van der Waals surface area contributed by atoms with E-state index in [1.807, 2.05) is 6.07 Å². The van der Waals surface area contributed by atoms with Gasteiger partial charge in [0.25, 0.3) is 0 Å². The Morgan fingerprint density at radius 1 is 0.561 bits per heavy atom. The third kappa shape index (κ3) is 23.3. The highest BCUT2D eigenvalue weighted by Gasteiger charge is 2.66. The van der Waals surface area contributed by atoms with E-state index >= 15 is 0 Å². The van der Waals surface area contributed by atoms with Gasteiger partial charge in [0.1, 0.15) is 33.4 Å². The normalized spacial score (nSPS) is 19.6. The summed E-state index contributed by atoms with van der Waals surface area (Å²) >= 11 is 36.9. The van der Waals surface area contributed by atoms with Gasteiger partial charge in [-0.1, -0.05) is 87.8 Å². The molecule has 582 valence electrons. The zero-order valence-corrected chi connectivity index (χ0v) is 65.8. The number of carbonyl (C=O) groups excluding carboxylic acids is 11. The lowest BCUT2D eigenvalue weighted by atomic mass is 9.71. The first-order valence-electron chi connectivity index (χ1n) is 33.7. The van der Waals surface area contributed by atoms with E-state index in [1.54, 1.807) is 132 Å². The minimum absolute atomic E-state index is 0.0197. The first kappa shape index (κ1) is 87.4. The summed E-state index contributed by atoms with van der Waals surface area (Å²) in [6, 6.07) is 14.9. The third-order valence-electron chi connectivity index (χ3n) is 16.4. The number of amides is 5. The molecule has 5 amide bonds. The van der Waals surface area contributed by atoms with E-state index in [2.05, 4.69) is 10.1 Å². The molecule has 9 rings (SSSR count). The summed E-state index contributed by atoms with van der Waals surface area (Å²) in [4.78, 5) is 176. The molecule has 0 aliphatic carbocycles. The van der Waals surface area contributed by atoms with Crippen LogP contribution in [0.15, 0.2) is 102 Å². The Hall–Kier alpha value is -8.48. The molecule has 28 nitrogen and oxygen atoms in total. The number of hydrogen-bond acceptors (Lipinski definition) is 22. The van der Waals surface area contributed by atoms with E-state index in [-0.39, 0.29) is 83.5 Å². The second-order valence-corrected chi connectivity index (χ2v) is 30.4. The van der Waals surface area contributed by atoms with Crippen LogP contribution < -0.4 is 5.32 Å². The lowest BCUT2D eigenvalue weighted by Gasteiger charge is -2.40. The third-order valence-corrected chi connectivity index (χ3v) is 18.1. The van der Waals surface area contributed by atoms with Crippen LogP contribution in [0.25, 0.3) is 0 Å². The van der Waals surface area contributed by atoms with Gasteiger partial charge in [-0.05, 0) is 155 Å². The first-order chi connectivity index (χ1) is 50.0. The monoisotopic (exact) mass is 1610 g/mol. The SMILES string of the molecule is CCOC(=O)C1=C(NCc2ccc(Cl)cc2Cl)CCN(C(=O)OC(C)(C)C)C1.CCOOC(=O)[C@]12CN(C(=O)OC(C)(C)C)CC=C1N(Cc1ccc(Cl)cc1Cl)C(=O)[C@H]2CC(=O)O.CCOOC(=O)[C@]12CN(C(=O)OC(C)(C)C)CC=C1N(Cc1ccc(Cl)cc1Cl)C(=O)[C@H]2CC(C)=O.O=C1C=CC(=O)O1. The number of ether oxygens (including phenoxy) is 5. The number of carboxylic acids is 1. The van der Waals surface area contributed by atoms with Crippen molar-refractivity contribution in [2.24, 2.45) is 22.7 Å². The summed E-state index contributed by atoms with van der Waals surface area (Å²) in [5.41, 5.74) is -2.01. The fourth-order valence-electron chi connectivity index (χ4n) is 11.9. The molecule has 4 atom stereocenters. The first-order valence-corrected chi connectivity index (χ1v) is 36.0. The molecule has 2 saturated heterocycles. The van der Waals surface area contributed by atoms with Crippen molar-refractivity contribution in [2.75, 3.05) is 59.1 Å². The summed E-state index contributed by atoms with van der Waals surface area (Å²) < 4.78 is 25.5. The maximum Gasteiger partial charge on any atom is 0.410 e. The van der Waals surface area contributed by atoms with Crippen molar-refractivity contribution < 1.29 is 106 Å². The number of ketones is 1. The number of esters is 3. The smallest absolute Gasteiger partial charge is 0.410 e. The molecular weight excluding hydrogens is 1530 g/mol. The molecular formula is C73H86Cl6N6O22. The summed E-state index contributed by atoms with van der Waals surface area (Å²) in [5, 5.41) is 15.5. The van der Waals surface area contributed by atoms with Crippen LogP contribution in [0.2, 0.25) is 30.1 Å². The average Bonchev–Trinajstić information content (AvgIpc) is 1.57. The Morgan fingerprint density at radius 2 is 0.953 bits per heavy atom. The number of carbonyl (C=O) groups is 12. The number of hydrogen-bond donors (Lipinski definition) is 2. The lowest BCUT2D eigenvalue weighted by molar-refractivity contribution is -0.279. The number of fused-ring (bicyclic) bond motifs is 2. The Labute approximate surface area is 649 Å². The number of benzene rings is 3. The highest BCUT2D eigenvalue weighted by Crippen LogP contribution is 2.53. The fraction of sp³-hybridized carbons (Fsp3) is 0.479. The molecule has 3 aromatic rings. The number of likely N-dealkylation sites (tertiary alicyclic amines) is 2. The van der Waals surface area contributed by atoms with Crippen molar-refractivity contribution in [3.63, 3.8) is 0 Å². The molecule has 6 aliphatic rings. The van der Waals surface area contributed by atoms with Crippen molar-refractivity contribution in [1.82, 2.24) is 29.8 Å². The van der Waals surface area contributed by atoms with Gasteiger partial charge in [0, 0.05) is 111 Å². The number of nitrogens with zero attached hydrogens (tertiary/aromatic N) is 5. The zero-order chi connectivity index (χ0) is 79.8. The van der Waals surface area contributed by atoms with Crippen LogP contribution in [0.5, 0.6) is 0 Å². The van der Waals surface area contributed by atoms with Gasteiger partial charge in [-0.3, -0.25) is 24.2 Å². The van der Waals surface area contributed by atoms with E-state index in [4.69, 9.17) is 108 Å². The van der Waals surface area contributed by atoms with Gasteiger partial charge in [-0.25, -0.2) is 38.4 Å². The number of carboxylic acid groups (broad SMARTS) is 1. The molecule has 6 aliphatic heterocycles. The molecule has 0 unspecified atom stereocenters. The Balaban J connectivity index is 0.000000241. The van der Waals surface area contributed by atoms with Crippen molar-refractivity contribution >= 4 is 141 Å². The van der Waals surface area contributed by atoms with Gasteiger partial charge in [0.05, 0.1) is 63.3 Å². The van der Waals surface area contributed by atoms with Crippen LogP contribution in [0.4, 0.5) is 14.4 Å². The lowest BCUT2D eigenvalue weighted by Crippen LogP contribution is -2.54. The molecule has 6 heterocycles. The predicted molar refractivity (Wildman–Crippen MR) is 390 cm³/mol. The van der Waals surface area contributed by atoms with Gasteiger partial charge in [0.2, 0.25) is 11.8 Å². The van der Waals surface area contributed by atoms with E-state index in [0.29, 0.717) is 72.0 Å². The zero-order valence-electron chi connectivity index (χ0n) is 61.3. The van der Waals surface area contributed by atoms with Crippen LogP contribution in [0.1, 0.15) is 126 Å². The van der Waals surface area contributed by atoms with Gasteiger partial charge < -0.3 is 63.4 Å². The average molecular weight is 1610 g/mol. The molecule has 0 spiro atoms. The molecule has 0 bridgehead atoms. The predicted octanol–water partition coefficient (Wildman–Crippen LogP) is 12.8. The molecule has 34 heteroatoms. The van der Waals surface area contributed by atoms with Crippen LogP contribution in [-0.2, 0) is 106 Å². The fourth-order valence-corrected chi connectivity index (χ4v) is 13.3. The summed E-state index contributed by atoms with van der Waals surface area (Å²) in [7, 11) is 0. The van der Waals surface area contributed by atoms with Crippen molar-refractivity contribution in [3.8, 4) is 0 Å². The van der Waals surface area contributed by atoms with Gasteiger partial charge in [-0.2, -0.15) is 9.78 Å². The van der Waals surface area contributed by atoms with Crippen LogP contribution >= 0.6 is 69.6 Å². The number of Topliss-reactive ketones (excluding diaryl/α,β-unsaturated/α-hetero) is 1. The maximum absolute atomic E-state index is 13.8. The second kappa shape index (κ2) is 37.6. The standard InChI is InChI=1S/C25H30Cl2N2O7.C24H28Cl2N2O8.C20H26Cl2N2O4.C4H2O3/c1-6-34-36-22(32)25-14-28(23(33)35-24(3,4)5)10-9-20(25)29(21(31)18(25)11-15(2)30)13-16-7-8-17(26)12-19(16)27;1-5-34-36-21(32)24-13-27(22(33)35-23(2,3)4)9-8-18(24)28(20(31)16(24)11-19(29)30)12-14-6-7-15(25)10-17(14)26;1-5-27-18(25)15-12-24(19(26)28-20(2,3)4)9-8-17(15)23-11-13-6-7-14(21)10-16(13)22;5-3-1-2-4(6)7-3/h7-9,12,18H,6,10-11,13-14H2,1-5H3;6-8,10,16H,5,9,11-13H2,1-4H3,(H,29,30);6-7,10,23H,5,8-9,11-12H2,1-4H3;1-2H/t18-,25+;16-,24+;;/m11../s1. The van der Waals surface area contributed by atoms with E-state index < -0.39 is 112 Å². The quantitative estimate of drug-likeness (QED) is 0.0370. The number of rotatable bonds is 19. The Bertz CT molecular complexity index is 3860. The molecule has 107 heavy (non-hydrogen) atoms. The summed E-state index contributed by atoms with van der Waals surface area (Å²) in [6.07, 6.45) is 3.07. The van der Waals surface area contributed by atoms with Crippen molar-refractivity contribution in [3.05, 3.63) is 148 Å². The molecule has 2 fully saturated rings. The highest BCUT2D eigenvalue weighted by molar-refractivity contribution is 6.36. The highest BCUT2D eigenvalue weighted by atomic mass is 35.5. The van der Waals surface area contributed by atoms with Crippen LogP contribution in [0, 0.1) is 22.7 Å². The van der Waals surface area contributed by atoms with Crippen molar-refractivity contribution in [2.45, 2.75) is 146 Å². The van der Waals surface area contributed by atoms with Gasteiger partial charge in [0.15, 0.2) is 0 Å². The molecule has 0 radical (unpaired) electrons. The van der Waals surface area contributed by atoms with Crippen LogP contribution in [-0.4, -0.2) is 177 Å². The number of halogens is 6. The summed E-state index contributed by atoms with van der Waals surface area (Å²) in [6.45, 7) is 22.9. The van der Waals surface area contributed by atoms with Gasteiger partial charge in [-0.15, -0.1) is 0 Å².